The molecule has 1 aliphatic rings. The highest BCUT2D eigenvalue weighted by Gasteiger charge is 2.46. The number of ketones is 1. The fourth-order valence-electron chi connectivity index (χ4n) is 3.93. The van der Waals surface area contributed by atoms with Crippen LogP contribution < -0.4 is 10.6 Å². The van der Waals surface area contributed by atoms with E-state index >= 15 is 0 Å². The lowest BCUT2D eigenvalue weighted by Gasteiger charge is -2.27. The summed E-state index contributed by atoms with van der Waals surface area (Å²) >= 11 is 0. The van der Waals surface area contributed by atoms with Crippen molar-refractivity contribution in [2.24, 2.45) is 13.0 Å². The summed E-state index contributed by atoms with van der Waals surface area (Å²) in [7, 11) is 1.57. The SMILES string of the molecule is C#CC(CO)(NC(=O)C(=O)c1c(C)c(C(=O)Nc2ccc(F)c(C#N)c2)n(C)c1C)C1CC1. The second-order valence-corrected chi connectivity index (χ2v) is 8.08. The number of nitrogens with zero attached hydrogens (tertiary/aromatic N) is 2. The Bertz CT molecular complexity index is 1250. The summed E-state index contributed by atoms with van der Waals surface area (Å²) in [5.74, 6) is -0.828. The zero-order chi connectivity index (χ0) is 24.5. The number of aliphatic hydroxyl groups excluding tert-OH is 1. The molecule has 3 N–H and O–H groups in total. The molecular weight excluding hydrogens is 427 g/mol. The number of halogens is 1. The van der Waals surface area contributed by atoms with Crippen LogP contribution in [0.1, 0.15) is 50.5 Å². The number of aliphatic hydroxyl groups is 1. The van der Waals surface area contributed by atoms with Crippen LogP contribution in [0.5, 0.6) is 0 Å². The van der Waals surface area contributed by atoms with Crippen LogP contribution in [0.3, 0.4) is 0 Å². The van der Waals surface area contributed by atoms with E-state index in [2.05, 4.69) is 16.6 Å². The molecule has 1 fully saturated rings. The van der Waals surface area contributed by atoms with E-state index in [-0.39, 0.29) is 34.0 Å². The first-order valence-corrected chi connectivity index (χ1v) is 10.2. The number of carbonyl (C=O) groups excluding carboxylic acids is 3. The van der Waals surface area contributed by atoms with Crippen LogP contribution >= 0.6 is 0 Å². The van der Waals surface area contributed by atoms with Gasteiger partial charge < -0.3 is 20.3 Å². The molecule has 1 aromatic carbocycles. The van der Waals surface area contributed by atoms with Crippen LogP contribution in [0, 0.1) is 49.3 Å². The Balaban J connectivity index is 1.89. The van der Waals surface area contributed by atoms with Crippen molar-refractivity contribution in [2.45, 2.75) is 32.2 Å². The minimum atomic E-state index is -1.30. The van der Waals surface area contributed by atoms with E-state index in [0.29, 0.717) is 5.69 Å². The number of terminal acetylenes is 1. The zero-order valence-electron chi connectivity index (χ0n) is 18.5. The van der Waals surface area contributed by atoms with Gasteiger partial charge in [0.25, 0.3) is 17.6 Å². The Morgan fingerprint density at radius 2 is 2.00 bits per heavy atom. The van der Waals surface area contributed by atoms with E-state index < -0.39 is 35.6 Å². The molecule has 1 aliphatic carbocycles. The first-order chi connectivity index (χ1) is 15.6. The van der Waals surface area contributed by atoms with E-state index in [1.807, 2.05) is 0 Å². The van der Waals surface area contributed by atoms with Crippen molar-refractivity contribution in [3.8, 4) is 18.4 Å². The number of nitriles is 1. The monoisotopic (exact) mass is 450 g/mol. The van der Waals surface area contributed by atoms with Crippen LogP contribution in [-0.4, -0.2) is 39.4 Å². The number of benzene rings is 1. The van der Waals surface area contributed by atoms with Crippen LogP contribution in [0.4, 0.5) is 10.1 Å². The Hall–Kier alpha value is -3.95. The molecule has 0 saturated heterocycles. The van der Waals surface area contributed by atoms with Crippen molar-refractivity contribution in [3.63, 3.8) is 0 Å². The summed E-state index contributed by atoms with van der Waals surface area (Å²) in [6, 6.07) is 5.27. The van der Waals surface area contributed by atoms with Gasteiger partial charge in [0.15, 0.2) is 0 Å². The molecular formula is C24H23FN4O4. The Labute approximate surface area is 190 Å². The third-order valence-electron chi connectivity index (χ3n) is 6.04. The van der Waals surface area contributed by atoms with Gasteiger partial charge in [-0.15, -0.1) is 6.42 Å². The van der Waals surface area contributed by atoms with E-state index in [1.165, 1.54) is 23.6 Å². The number of carbonyl (C=O) groups is 3. The Kier molecular flexibility index (Phi) is 6.39. The van der Waals surface area contributed by atoms with Gasteiger partial charge in [0.1, 0.15) is 23.1 Å². The smallest absolute Gasteiger partial charge is 0.293 e. The molecule has 2 aromatic rings. The van der Waals surface area contributed by atoms with Gasteiger partial charge >= 0.3 is 0 Å². The largest absolute Gasteiger partial charge is 0.393 e. The van der Waals surface area contributed by atoms with Gasteiger partial charge in [-0.2, -0.15) is 5.26 Å². The molecule has 1 unspecified atom stereocenters. The highest BCUT2D eigenvalue weighted by atomic mass is 19.1. The lowest BCUT2D eigenvalue weighted by Crippen LogP contribution is -2.54. The summed E-state index contributed by atoms with van der Waals surface area (Å²) in [6.45, 7) is 2.64. The Morgan fingerprint density at radius 3 is 2.55 bits per heavy atom. The van der Waals surface area contributed by atoms with Gasteiger partial charge in [0, 0.05) is 18.4 Å². The molecule has 1 aromatic heterocycles. The molecule has 9 heteroatoms. The summed E-state index contributed by atoms with van der Waals surface area (Å²) in [5.41, 5.74) is -0.487. The van der Waals surface area contributed by atoms with E-state index in [9.17, 15) is 23.9 Å². The number of hydrogen-bond acceptors (Lipinski definition) is 5. The summed E-state index contributed by atoms with van der Waals surface area (Å²) in [4.78, 5) is 38.7. The van der Waals surface area contributed by atoms with Crippen LogP contribution in [-0.2, 0) is 11.8 Å². The second kappa shape index (κ2) is 8.89. The normalized spacial score (nSPS) is 14.5. The first-order valence-electron chi connectivity index (χ1n) is 10.2. The molecule has 0 aliphatic heterocycles. The number of anilines is 1. The lowest BCUT2D eigenvalue weighted by atomic mass is 9.94. The standard InChI is InChI=1S/C24H23FN4O4/c1-5-24(12-30,16-6-7-16)28-23(33)21(31)19-13(2)20(29(4)14(19)3)22(32)27-17-8-9-18(25)15(10-17)11-26/h1,8-10,16,30H,6-7,12H2,2-4H3,(H,27,32)(H,28,33). The van der Waals surface area contributed by atoms with Crippen LogP contribution in [0.15, 0.2) is 18.2 Å². The average Bonchev–Trinajstić information content (AvgIpc) is 3.61. The fraction of sp³-hybridized carbons (Fsp3) is 0.333. The maximum atomic E-state index is 13.6. The molecule has 0 radical (unpaired) electrons. The molecule has 2 amide bonds. The predicted molar refractivity (Wildman–Crippen MR) is 118 cm³/mol. The number of nitrogens with one attached hydrogen (secondary N) is 2. The topological polar surface area (TPSA) is 124 Å². The maximum Gasteiger partial charge on any atom is 0.293 e. The molecule has 33 heavy (non-hydrogen) atoms. The van der Waals surface area contributed by atoms with E-state index in [0.717, 1.165) is 18.9 Å². The van der Waals surface area contributed by atoms with Gasteiger partial charge in [-0.3, -0.25) is 14.4 Å². The van der Waals surface area contributed by atoms with Crippen molar-refractivity contribution in [1.82, 2.24) is 9.88 Å². The number of Topliss-reactive ketones (excluding diaryl/α,β-unsaturated/α-hetero) is 1. The van der Waals surface area contributed by atoms with Crippen molar-refractivity contribution < 1.29 is 23.9 Å². The first kappa shape index (κ1) is 23.7. The highest BCUT2D eigenvalue weighted by molar-refractivity contribution is 6.44. The van der Waals surface area contributed by atoms with Gasteiger partial charge in [-0.1, -0.05) is 5.92 Å². The molecule has 1 atom stereocenters. The third-order valence-corrected chi connectivity index (χ3v) is 6.04. The van der Waals surface area contributed by atoms with E-state index in [4.69, 9.17) is 11.7 Å². The zero-order valence-corrected chi connectivity index (χ0v) is 18.5. The minimum Gasteiger partial charge on any atom is -0.393 e. The summed E-state index contributed by atoms with van der Waals surface area (Å²) < 4.78 is 15.0. The van der Waals surface area contributed by atoms with Crippen molar-refractivity contribution in [2.75, 3.05) is 11.9 Å². The molecule has 1 saturated carbocycles. The number of hydrogen-bond donors (Lipinski definition) is 3. The fourth-order valence-corrected chi connectivity index (χ4v) is 3.93. The van der Waals surface area contributed by atoms with Crippen molar-refractivity contribution in [3.05, 3.63) is 52.1 Å². The summed E-state index contributed by atoms with van der Waals surface area (Å²) in [5, 5.41) is 23.8. The highest BCUT2D eigenvalue weighted by Crippen LogP contribution is 2.39. The van der Waals surface area contributed by atoms with Crippen molar-refractivity contribution in [1.29, 1.82) is 5.26 Å². The lowest BCUT2D eigenvalue weighted by molar-refractivity contribution is -0.119. The summed E-state index contributed by atoms with van der Waals surface area (Å²) in [6.07, 6.45) is 7.02. The number of aromatic nitrogens is 1. The Morgan fingerprint density at radius 1 is 1.33 bits per heavy atom. The average molecular weight is 450 g/mol. The quantitative estimate of drug-likeness (QED) is 0.338. The van der Waals surface area contributed by atoms with Gasteiger partial charge in [-0.25, -0.2) is 4.39 Å². The molecule has 1 heterocycles. The van der Waals surface area contributed by atoms with Crippen molar-refractivity contribution >= 4 is 23.3 Å². The number of amides is 2. The van der Waals surface area contributed by atoms with Gasteiger partial charge in [0.2, 0.25) is 0 Å². The third kappa shape index (κ3) is 4.23. The van der Waals surface area contributed by atoms with Crippen LogP contribution in [0.2, 0.25) is 0 Å². The molecule has 0 spiro atoms. The number of rotatable bonds is 7. The van der Waals surface area contributed by atoms with Gasteiger partial charge in [-0.05, 0) is 56.4 Å². The molecule has 8 nitrogen and oxygen atoms in total. The molecule has 3 rings (SSSR count). The van der Waals surface area contributed by atoms with Gasteiger partial charge in [0.05, 0.1) is 17.7 Å². The molecule has 170 valence electrons. The minimum absolute atomic E-state index is 0.0524. The van der Waals surface area contributed by atoms with Crippen LogP contribution in [0.25, 0.3) is 0 Å². The predicted octanol–water partition coefficient (Wildman–Crippen LogP) is 1.98. The molecule has 0 bridgehead atoms. The maximum absolute atomic E-state index is 13.6. The van der Waals surface area contributed by atoms with E-state index in [1.54, 1.807) is 20.0 Å². The second-order valence-electron chi connectivity index (χ2n) is 8.08.